The summed E-state index contributed by atoms with van der Waals surface area (Å²) in [6.07, 6.45) is 82.2. The van der Waals surface area contributed by atoms with E-state index in [0.29, 0.717) is 6.04 Å². The van der Waals surface area contributed by atoms with Crippen LogP contribution in [0.15, 0.2) is 97.1 Å². The first-order chi connectivity index (χ1) is 46.6. The minimum Gasteiger partial charge on any atom is -0.242 e. The van der Waals surface area contributed by atoms with Gasteiger partial charge in [0.25, 0.3) is 0 Å². The zero-order valence-corrected chi connectivity index (χ0v) is 65.4. The summed E-state index contributed by atoms with van der Waals surface area (Å²) in [6, 6.07) is 42.2. The van der Waals surface area contributed by atoms with Crippen molar-refractivity contribution in [2.24, 2.45) is 0 Å². The van der Waals surface area contributed by atoms with Crippen molar-refractivity contribution in [1.82, 2.24) is 4.44 Å². The van der Waals surface area contributed by atoms with Crippen LogP contribution in [0.3, 0.4) is 0 Å². The molecule has 0 N–H and O–H groups in total. The maximum absolute atomic E-state index is 3.38. The molecule has 0 saturated carbocycles. The zero-order chi connectivity index (χ0) is 66.7. The highest BCUT2D eigenvalue weighted by molar-refractivity contribution is 7.84. The molecule has 534 valence electrons. The van der Waals surface area contributed by atoms with E-state index in [0.717, 1.165) is 0 Å². The molecule has 4 rings (SSSR count). The summed E-state index contributed by atoms with van der Waals surface area (Å²) in [6.45, 7) is 14.1. The fourth-order valence-corrected chi connectivity index (χ4v) is 21.6. The summed E-state index contributed by atoms with van der Waals surface area (Å²) < 4.78 is 3.38. The number of aryl methyl sites for hydroxylation is 4. The molecule has 0 radical (unpaired) electrons. The predicted molar refractivity (Wildman–Crippen MR) is 431 cm³/mol. The Morgan fingerprint density at radius 3 is 0.574 bits per heavy atom. The maximum atomic E-state index is 3.38. The van der Waals surface area contributed by atoms with Gasteiger partial charge in [0.1, 0.15) is 0 Å². The Bertz CT molecular complexity index is 2000. The molecule has 4 aromatic carbocycles. The van der Waals surface area contributed by atoms with Gasteiger partial charge in [-0.2, -0.15) is 0 Å². The van der Waals surface area contributed by atoms with Crippen LogP contribution in [0, 0.1) is 0 Å². The largest absolute Gasteiger partial charge is 0.242 e. The number of unbranched alkanes of at least 4 members (excludes halogenated alkanes) is 48. The molecule has 0 atom stereocenters. The van der Waals surface area contributed by atoms with Crippen LogP contribution >= 0.6 is 16.1 Å². The third kappa shape index (κ3) is 40.7. The van der Waals surface area contributed by atoms with Crippen LogP contribution in [0.4, 0.5) is 0 Å². The highest BCUT2D eigenvalue weighted by Crippen LogP contribution is 2.58. The minimum absolute atomic E-state index is 0.495. The molecule has 0 unspecified atom stereocenters. The van der Waals surface area contributed by atoms with Gasteiger partial charge >= 0.3 is 0 Å². The van der Waals surface area contributed by atoms with Gasteiger partial charge in [0.2, 0.25) is 0 Å². The Morgan fingerprint density at radius 2 is 0.383 bits per heavy atom. The number of benzene rings is 4. The van der Waals surface area contributed by atoms with Gasteiger partial charge in [-0.15, -0.1) is 0 Å². The summed E-state index contributed by atoms with van der Waals surface area (Å²) in [5, 5.41) is 6.43. The smallest absolute Gasteiger partial charge is 0.0326 e. The lowest BCUT2D eigenvalue weighted by atomic mass is 10.00. The van der Waals surface area contributed by atoms with Gasteiger partial charge in [-0.1, -0.05) is 435 Å². The van der Waals surface area contributed by atoms with E-state index in [2.05, 4.69) is 143 Å². The Hall–Kier alpha value is -2.30. The van der Waals surface area contributed by atoms with Crippen molar-refractivity contribution in [3.05, 3.63) is 119 Å². The van der Waals surface area contributed by atoms with Gasteiger partial charge in [0, 0.05) is 22.2 Å². The van der Waals surface area contributed by atoms with Crippen molar-refractivity contribution in [2.75, 3.05) is 0 Å². The second-order valence-corrected chi connectivity index (χ2v) is 34.3. The van der Waals surface area contributed by atoms with Crippen molar-refractivity contribution >= 4 is 37.4 Å². The van der Waals surface area contributed by atoms with Gasteiger partial charge in [0.15, 0.2) is 0 Å². The molecule has 0 aliphatic rings. The molecular weight excluding hydrogens is 1170 g/mol. The first-order valence-electron chi connectivity index (χ1n) is 42.3. The molecule has 3 heteroatoms. The molecule has 0 spiro atoms. The van der Waals surface area contributed by atoms with E-state index in [1.54, 1.807) is 43.5 Å². The summed E-state index contributed by atoms with van der Waals surface area (Å²) in [5.74, 6) is 0. The van der Waals surface area contributed by atoms with Crippen molar-refractivity contribution in [3.8, 4) is 0 Å². The third-order valence-corrected chi connectivity index (χ3v) is 26.5. The van der Waals surface area contributed by atoms with Crippen LogP contribution in [0.5, 0.6) is 0 Å². The monoisotopic (exact) mass is 1320 g/mol. The zero-order valence-electron chi connectivity index (χ0n) is 63.6. The molecule has 94 heavy (non-hydrogen) atoms. The molecule has 0 aliphatic carbocycles. The maximum Gasteiger partial charge on any atom is 0.0326 e. The second-order valence-electron chi connectivity index (χ2n) is 29.8. The number of rotatable bonds is 67. The van der Waals surface area contributed by atoms with Crippen molar-refractivity contribution in [2.45, 2.75) is 433 Å². The molecule has 0 aliphatic heterocycles. The van der Waals surface area contributed by atoms with E-state index in [4.69, 9.17) is 0 Å². The number of hydrogen-bond donors (Lipinski definition) is 0. The van der Waals surface area contributed by atoms with Gasteiger partial charge in [-0.3, -0.25) is 0 Å². The topological polar surface area (TPSA) is 3.24 Å². The van der Waals surface area contributed by atoms with E-state index < -0.39 is 16.1 Å². The molecule has 0 bridgehead atoms. The lowest BCUT2D eigenvalue weighted by Crippen LogP contribution is -2.39. The fraction of sp³-hybridized carbons (Fsp3) is 0.736. The summed E-state index contributed by atoms with van der Waals surface area (Å²) in [4.78, 5) is 0. The lowest BCUT2D eigenvalue weighted by molar-refractivity contribution is 0.393. The second kappa shape index (κ2) is 60.6. The molecule has 4 aromatic rings. The Labute approximate surface area is 590 Å². The Balaban J connectivity index is 1.91. The molecule has 0 amide bonds. The average molecular weight is 1330 g/mol. The summed E-state index contributed by atoms with van der Waals surface area (Å²) in [7, 11) is -1.83. The van der Waals surface area contributed by atoms with Crippen molar-refractivity contribution in [1.29, 1.82) is 0 Å². The highest BCUT2D eigenvalue weighted by Gasteiger charge is 2.37. The molecule has 0 fully saturated rings. The van der Waals surface area contributed by atoms with E-state index in [-0.39, 0.29) is 0 Å². The lowest BCUT2D eigenvalue weighted by Gasteiger charge is -2.44. The molecule has 0 heterocycles. The Kier molecular flexibility index (Phi) is 54.3. The summed E-state index contributed by atoms with van der Waals surface area (Å²) in [5.41, 5.74) is 6.29. The van der Waals surface area contributed by atoms with E-state index in [9.17, 15) is 0 Å². The van der Waals surface area contributed by atoms with Crippen LogP contribution in [0.25, 0.3) is 0 Å². The van der Waals surface area contributed by atoms with Gasteiger partial charge in [-0.25, -0.2) is 4.44 Å². The van der Waals surface area contributed by atoms with Gasteiger partial charge in [0.05, 0.1) is 0 Å². The van der Waals surface area contributed by atoms with Crippen molar-refractivity contribution < 1.29 is 0 Å². The first kappa shape index (κ1) is 84.1. The fourth-order valence-electron chi connectivity index (χ4n) is 14.9. The van der Waals surface area contributed by atoms with Gasteiger partial charge in [-0.05, 0) is 132 Å². The molecule has 1 nitrogen and oxygen atoms in total. The van der Waals surface area contributed by atoms with E-state index in [1.165, 1.54) is 385 Å². The molecule has 0 saturated heterocycles. The van der Waals surface area contributed by atoms with Crippen LogP contribution in [0.2, 0.25) is 0 Å². The molecular formula is C91H155NP2. The van der Waals surface area contributed by atoms with E-state index in [1.807, 2.05) is 0 Å². The predicted octanol–water partition coefficient (Wildman–Crippen LogP) is 29.9. The highest BCUT2D eigenvalue weighted by atomic mass is 31.2. The third-order valence-electron chi connectivity index (χ3n) is 20.9. The van der Waals surface area contributed by atoms with Crippen LogP contribution < -0.4 is 21.2 Å². The normalized spacial score (nSPS) is 11.9. The van der Waals surface area contributed by atoms with Gasteiger partial charge < -0.3 is 0 Å². The number of hydrogen-bond acceptors (Lipinski definition) is 1. The SMILES string of the molecule is CCCCCCCCCCCCCC(CCCCCCCCCCCCC)N(P(c1cccc(CCCCCCCCCC)c1)c1cccc(CCCCCCCCCC)c1)P(c1cccc(CCCCCCCCCC)c1)c1cccc(CCCCCCCCCC)c1. The minimum atomic E-state index is -0.914. The number of nitrogens with zero attached hydrogens (tertiary/aromatic N) is 1. The Morgan fingerprint density at radius 1 is 0.213 bits per heavy atom. The average Bonchev–Trinajstić information content (AvgIpc) is 0.767. The first-order valence-corrected chi connectivity index (χ1v) is 44.9. The van der Waals surface area contributed by atoms with Crippen LogP contribution in [0.1, 0.15) is 423 Å². The standard InChI is InChI=1S/C91H155NP2/c1-7-13-19-25-31-37-39-41-47-53-59-73-87(74-60-54-48-42-40-38-32-26-20-14-8-2)92(93(88-75-61-69-83(79-88)65-55-49-43-33-27-21-15-9-3)89-76-62-70-84(80-89)66-56-50-44-34-28-22-16-10-4)94(90-77-63-71-85(81-90)67-57-51-45-35-29-23-17-11-5)91-78-64-72-86(82-91)68-58-52-46-36-30-24-18-12-6/h61-64,69-72,75-82,87H,7-60,65-68,73-74H2,1-6H3. The van der Waals surface area contributed by atoms with Crippen molar-refractivity contribution in [3.63, 3.8) is 0 Å². The molecule has 0 aromatic heterocycles. The quantitative estimate of drug-likeness (QED) is 0.0315. The van der Waals surface area contributed by atoms with Crippen LogP contribution in [-0.2, 0) is 25.7 Å². The van der Waals surface area contributed by atoms with E-state index >= 15 is 0 Å². The summed E-state index contributed by atoms with van der Waals surface area (Å²) >= 11 is 0. The van der Waals surface area contributed by atoms with Crippen LogP contribution in [-0.4, -0.2) is 10.5 Å².